The Balaban J connectivity index is 0.00000225. The Morgan fingerprint density at radius 2 is 1.92 bits per heavy atom. The first-order valence-electron chi connectivity index (χ1n) is 8.62. The summed E-state index contributed by atoms with van der Waals surface area (Å²) in [5.41, 5.74) is 0. The number of amides is 1. The van der Waals surface area contributed by atoms with Crippen LogP contribution >= 0.6 is 12.4 Å². The first-order chi connectivity index (χ1) is 11.8. The molecule has 25 heavy (non-hydrogen) atoms. The summed E-state index contributed by atoms with van der Waals surface area (Å²) in [6, 6.07) is 13.1. The number of para-hydroxylation sites is 1. The largest absolute Gasteiger partial charge is 0.426 e. The average Bonchev–Trinajstić information content (AvgIpc) is 3.09. The number of furan rings is 1. The molecule has 0 aliphatic carbocycles. The highest BCUT2D eigenvalue weighted by molar-refractivity contribution is 5.92. The van der Waals surface area contributed by atoms with Crippen LogP contribution in [-0.2, 0) is 0 Å². The van der Waals surface area contributed by atoms with Crippen molar-refractivity contribution >= 4 is 18.3 Å². The molecule has 0 radical (unpaired) electrons. The van der Waals surface area contributed by atoms with Crippen molar-refractivity contribution in [3.63, 3.8) is 0 Å². The van der Waals surface area contributed by atoms with E-state index in [4.69, 9.17) is 9.15 Å². The molecule has 1 aliphatic rings. The standard InChI is InChI=1S/C19H24N2O3.ClH/c1-2-14-21(15-10-12-20-13-11-15)19(22)17-8-9-18(24-17)23-16-6-4-3-5-7-16;/h3-9,15,20H,2,10-14H2,1H3;1H. The molecule has 0 bridgehead atoms. The predicted octanol–water partition coefficient (Wildman–Crippen LogP) is 4.10. The van der Waals surface area contributed by atoms with E-state index >= 15 is 0 Å². The maximum Gasteiger partial charge on any atom is 0.290 e. The number of hydrogen-bond acceptors (Lipinski definition) is 4. The lowest BCUT2D eigenvalue weighted by Crippen LogP contribution is -2.46. The van der Waals surface area contributed by atoms with Crippen LogP contribution in [-0.4, -0.2) is 36.5 Å². The van der Waals surface area contributed by atoms with E-state index in [0.29, 0.717) is 17.5 Å². The van der Waals surface area contributed by atoms with Crippen molar-refractivity contribution in [2.75, 3.05) is 19.6 Å². The van der Waals surface area contributed by atoms with Gasteiger partial charge in [0.15, 0.2) is 5.76 Å². The molecule has 1 aromatic carbocycles. The normalized spacial score (nSPS) is 14.6. The van der Waals surface area contributed by atoms with Gasteiger partial charge in [0.1, 0.15) is 5.75 Å². The van der Waals surface area contributed by atoms with E-state index in [-0.39, 0.29) is 24.4 Å². The molecule has 1 aromatic heterocycles. The molecule has 1 N–H and O–H groups in total. The van der Waals surface area contributed by atoms with Gasteiger partial charge in [0.05, 0.1) is 0 Å². The summed E-state index contributed by atoms with van der Waals surface area (Å²) in [4.78, 5) is 14.8. The number of carbonyl (C=O) groups is 1. The number of carbonyl (C=O) groups excluding carboxylic acids is 1. The van der Waals surface area contributed by atoms with E-state index in [1.807, 2.05) is 35.2 Å². The summed E-state index contributed by atoms with van der Waals surface area (Å²) in [6.07, 6.45) is 2.91. The minimum atomic E-state index is -0.0494. The van der Waals surface area contributed by atoms with Crippen LogP contribution in [0.5, 0.6) is 11.7 Å². The van der Waals surface area contributed by atoms with Crippen molar-refractivity contribution in [3.05, 3.63) is 48.2 Å². The second kappa shape index (κ2) is 9.49. The topological polar surface area (TPSA) is 54.7 Å². The van der Waals surface area contributed by atoms with Gasteiger partial charge >= 0.3 is 0 Å². The number of hydrogen-bond donors (Lipinski definition) is 1. The van der Waals surface area contributed by atoms with E-state index < -0.39 is 0 Å². The number of nitrogens with zero attached hydrogens (tertiary/aromatic N) is 1. The van der Waals surface area contributed by atoms with E-state index in [1.165, 1.54) is 0 Å². The van der Waals surface area contributed by atoms with Crippen LogP contribution in [0, 0.1) is 0 Å². The van der Waals surface area contributed by atoms with Gasteiger partial charge in [-0.15, -0.1) is 12.4 Å². The fourth-order valence-electron chi connectivity index (χ4n) is 3.05. The summed E-state index contributed by atoms with van der Waals surface area (Å²) in [6.45, 7) is 4.75. The van der Waals surface area contributed by atoms with E-state index in [2.05, 4.69) is 12.2 Å². The van der Waals surface area contributed by atoms with Crippen molar-refractivity contribution in [3.8, 4) is 11.7 Å². The molecular weight excluding hydrogens is 340 g/mol. The molecule has 0 atom stereocenters. The highest BCUT2D eigenvalue weighted by Gasteiger charge is 2.27. The monoisotopic (exact) mass is 364 g/mol. The molecule has 2 aromatic rings. The number of nitrogens with one attached hydrogen (secondary N) is 1. The minimum Gasteiger partial charge on any atom is -0.426 e. The molecule has 2 heterocycles. The molecule has 0 unspecified atom stereocenters. The van der Waals surface area contributed by atoms with Crippen LogP contribution in [0.1, 0.15) is 36.7 Å². The molecule has 1 fully saturated rings. The zero-order chi connectivity index (χ0) is 16.8. The van der Waals surface area contributed by atoms with Gasteiger partial charge in [-0.25, -0.2) is 0 Å². The maximum absolute atomic E-state index is 12.9. The molecule has 0 spiro atoms. The Bertz CT molecular complexity index is 654. The average molecular weight is 365 g/mol. The van der Waals surface area contributed by atoms with Crippen molar-refractivity contribution in [2.24, 2.45) is 0 Å². The molecule has 6 heteroatoms. The lowest BCUT2D eigenvalue weighted by Gasteiger charge is -2.34. The van der Waals surface area contributed by atoms with Crippen molar-refractivity contribution in [1.29, 1.82) is 0 Å². The number of halogens is 1. The highest BCUT2D eigenvalue weighted by Crippen LogP contribution is 2.25. The molecular formula is C19H25ClN2O3. The van der Waals surface area contributed by atoms with Gasteiger partial charge in [-0.2, -0.15) is 0 Å². The van der Waals surface area contributed by atoms with Crippen LogP contribution in [0.2, 0.25) is 0 Å². The summed E-state index contributed by atoms with van der Waals surface area (Å²) in [5.74, 6) is 1.32. The van der Waals surface area contributed by atoms with Crippen LogP contribution in [0.15, 0.2) is 46.9 Å². The van der Waals surface area contributed by atoms with E-state index in [0.717, 1.165) is 38.9 Å². The lowest BCUT2D eigenvalue weighted by atomic mass is 10.0. The molecule has 136 valence electrons. The van der Waals surface area contributed by atoms with Crippen LogP contribution in [0.3, 0.4) is 0 Å². The Morgan fingerprint density at radius 1 is 1.20 bits per heavy atom. The zero-order valence-electron chi connectivity index (χ0n) is 14.4. The Kier molecular flexibility index (Phi) is 7.34. The molecule has 5 nitrogen and oxygen atoms in total. The molecule has 1 amide bonds. The molecule has 3 rings (SSSR count). The van der Waals surface area contributed by atoms with Gasteiger partial charge in [0.25, 0.3) is 11.9 Å². The third-order valence-corrected chi connectivity index (χ3v) is 4.23. The summed E-state index contributed by atoms with van der Waals surface area (Å²) in [7, 11) is 0. The third kappa shape index (κ3) is 5.00. The number of rotatable bonds is 6. The summed E-state index contributed by atoms with van der Waals surface area (Å²) >= 11 is 0. The van der Waals surface area contributed by atoms with Crippen LogP contribution < -0.4 is 10.1 Å². The Hall–Kier alpha value is -1.98. The Labute approximate surface area is 154 Å². The molecule has 1 aliphatic heterocycles. The first kappa shape index (κ1) is 19.3. The second-order valence-corrected chi connectivity index (χ2v) is 6.01. The molecule has 0 saturated carbocycles. The van der Waals surface area contributed by atoms with Gasteiger partial charge in [-0.05, 0) is 50.6 Å². The van der Waals surface area contributed by atoms with Crippen LogP contribution in [0.4, 0.5) is 0 Å². The van der Waals surface area contributed by atoms with Crippen LogP contribution in [0.25, 0.3) is 0 Å². The van der Waals surface area contributed by atoms with Crippen molar-refractivity contribution in [1.82, 2.24) is 10.2 Å². The number of benzene rings is 1. The number of piperidine rings is 1. The second-order valence-electron chi connectivity index (χ2n) is 6.01. The first-order valence-corrected chi connectivity index (χ1v) is 8.62. The van der Waals surface area contributed by atoms with Crippen molar-refractivity contribution < 1.29 is 13.9 Å². The molecule has 1 saturated heterocycles. The summed E-state index contributed by atoms with van der Waals surface area (Å²) < 4.78 is 11.3. The van der Waals surface area contributed by atoms with Gasteiger partial charge in [0, 0.05) is 18.7 Å². The SMILES string of the molecule is CCCN(C(=O)c1ccc(Oc2ccccc2)o1)C1CCNCC1.Cl. The van der Waals surface area contributed by atoms with E-state index in [9.17, 15) is 4.79 Å². The highest BCUT2D eigenvalue weighted by atomic mass is 35.5. The van der Waals surface area contributed by atoms with Gasteiger partial charge in [-0.3, -0.25) is 4.79 Å². The smallest absolute Gasteiger partial charge is 0.290 e. The predicted molar refractivity (Wildman–Crippen MR) is 99.7 cm³/mol. The number of ether oxygens (including phenoxy) is 1. The van der Waals surface area contributed by atoms with Gasteiger partial charge in [0.2, 0.25) is 0 Å². The Morgan fingerprint density at radius 3 is 2.60 bits per heavy atom. The minimum absolute atomic E-state index is 0. The van der Waals surface area contributed by atoms with Crippen molar-refractivity contribution in [2.45, 2.75) is 32.2 Å². The fourth-order valence-corrected chi connectivity index (χ4v) is 3.05. The third-order valence-electron chi connectivity index (χ3n) is 4.23. The quantitative estimate of drug-likeness (QED) is 0.838. The fraction of sp³-hybridized carbons (Fsp3) is 0.421. The lowest BCUT2D eigenvalue weighted by molar-refractivity contribution is 0.0605. The zero-order valence-corrected chi connectivity index (χ0v) is 15.3. The van der Waals surface area contributed by atoms with Gasteiger partial charge in [-0.1, -0.05) is 25.1 Å². The summed E-state index contributed by atoms with van der Waals surface area (Å²) in [5, 5.41) is 3.34. The maximum atomic E-state index is 12.9. The van der Waals surface area contributed by atoms with Gasteiger partial charge < -0.3 is 19.4 Å². The van der Waals surface area contributed by atoms with E-state index in [1.54, 1.807) is 12.1 Å².